The lowest BCUT2D eigenvalue weighted by atomic mass is 10.2. The first kappa shape index (κ1) is 14.4. The van der Waals surface area contributed by atoms with E-state index in [1.165, 1.54) is 6.07 Å². The molecule has 1 rings (SSSR count). The standard InChI is InChI=1S/C12H18ClFN2O/c1-17-7-6-15-4-5-16-9-10-2-3-11(13)12(14)8-10/h2-3,8,15-16H,4-7,9H2,1H3. The Morgan fingerprint density at radius 2 is 2.00 bits per heavy atom. The summed E-state index contributed by atoms with van der Waals surface area (Å²) in [6.45, 7) is 3.88. The van der Waals surface area contributed by atoms with E-state index in [1.54, 1.807) is 13.2 Å². The van der Waals surface area contributed by atoms with Gasteiger partial charge in [0.1, 0.15) is 5.82 Å². The first-order valence-corrected chi connectivity index (χ1v) is 5.96. The van der Waals surface area contributed by atoms with Gasteiger partial charge in [-0.15, -0.1) is 0 Å². The SMILES string of the molecule is COCCNCCNCc1ccc(Cl)c(F)c1. The van der Waals surface area contributed by atoms with E-state index in [2.05, 4.69) is 10.6 Å². The number of rotatable bonds is 8. The first-order valence-electron chi connectivity index (χ1n) is 5.58. The molecule has 0 heterocycles. The third-order valence-corrected chi connectivity index (χ3v) is 2.58. The molecule has 3 nitrogen and oxygen atoms in total. The van der Waals surface area contributed by atoms with Crippen molar-refractivity contribution in [1.82, 2.24) is 10.6 Å². The van der Waals surface area contributed by atoms with Crippen LogP contribution in [-0.2, 0) is 11.3 Å². The Morgan fingerprint density at radius 1 is 1.24 bits per heavy atom. The van der Waals surface area contributed by atoms with Gasteiger partial charge in [0.25, 0.3) is 0 Å². The van der Waals surface area contributed by atoms with Crippen LogP contribution in [0.15, 0.2) is 18.2 Å². The van der Waals surface area contributed by atoms with Gasteiger partial charge in [0.2, 0.25) is 0 Å². The maximum absolute atomic E-state index is 13.1. The van der Waals surface area contributed by atoms with E-state index in [-0.39, 0.29) is 10.8 Å². The molecular weight excluding hydrogens is 243 g/mol. The van der Waals surface area contributed by atoms with Gasteiger partial charge in [0.05, 0.1) is 11.6 Å². The van der Waals surface area contributed by atoms with E-state index in [0.717, 1.165) is 25.2 Å². The van der Waals surface area contributed by atoms with Crippen molar-refractivity contribution in [3.05, 3.63) is 34.6 Å². The minimum atomic E-state index is -0.371. The fraction of sp³-hybridized carbons (Fsp3) is 0.500. The predicted molar refractivity (Wildman–Crippen MR) is 67.9 cm³/mol. The summed E-state index contributed by atoms with van der Waals surface area (Å²) in [7, 11) is 1.68. The summed E-state index contributed by atoms with van der Waals surface area (Å²) in [6.07, 6.45) is 0. The molecule has 5 heteroatoms. The van der Waals surface area contributed by atoms with Gasteiger partial charge in [-0.2, -0.15) is 0 Å². The Bertz CT molecular complexity index is 336. The normalized spacial score (nSPS) is 10.8. The molecule has 0 bridgehead atoms. The van der Waals surface area contributed by atoms with E-state index in [9.17, 15) is 4.39 Å². The molecule has 17 heavy (non-hydrogen) atoms. The topological polar surface area (TPSA) is 33.3 Å². The van der Waals surface area contributed by atoms with Crippen molar-refractivity contribution < 1.29 is 9.13 Å². The summed E-state index contributed by atoms with van der Waals surface area (Å²) in [5, 5.41) is 6.58. The van der Waals surface area contributed by atoms with E-state index in [4.69, 9.17) is 16.3 Å². The minimum absolute atomic E-state index is 0.162. The maximum atomic E-state index is 13.1. The number of halogens is 2. The Balaban J connectivity index is 2.11. The Labute approximate surface area is 106 Å². The lowest BCUT2D eigenvalue weighted by molar-refractivity contribution is 0.199. The zero-order valence-electron chi connectivity index (χ0n) is 9.93. The second-order valence-corrected chi connectivity index (χ2v) is 4.08. The van der Waals surface area contributed by atoms with Crippen molar-refractivity contribution in [3.8, 4) is 0 Å². The number of hydrogen-bond acceptors (Lipinski definition) is 3. The highest BCUT2D eigenvalue weighted by atomic mass is 35.5. The van der Waals surface area contributed by atoms with Crippen LogP contribution < -0.4 is 10.6 Å². The lowest BCUT2D eigenvalue weighted by Crippen LogP contribution is -2.29. The molecule has 2 N–H and O–H groups in total. The molecule has 0 unspecified atom stereocenters. The molecule has 96 valence electrons. The lowest BCUT2D eigenvalue weighted by Gasteiger charge is -2.06. The molecule has 0 amide bonds. The van der Waals surface area contributed by atoms with Gasteiger partial charge < -0.3 is 15.4 Å². The molecule has 0 radical (unpaired) electrons. The van der Waals surface area contributed by atoms with Crippen LogP contribution in [0.2, 0.25) is 5.02 Å². The highest BCUT2D eigenvalue weighted by molar-refractivity contribution is 6.30. The summed E-state index contributed by atoms with van der Waals surface area (Å²) >= 11 is 5.60. The van der Waals surface area contributed by atoms with E-state index >= 15 is 0 Å². The summed E-state index contributed by atoms with van der Waals surface area (Å²) in [4.78, 5) is 0. The van der Waals surface area contributed by atoms with Crippen LogP contribution in [0.3, 0.4) is 0 Å². The Hall–Kier alpha value is -0.680. The smallest absolute Gasteiger partial charge is 0.142 e. The zero-order valence-corrected chi connectivity index (χ0v) is 10.7. The van der Waals surface area contributed by atoms with Crippen molar-refractivity contribution >= 4 is 11.6 Å². The van der Waals surface area contributed by atoms with E-state index in [1.807, 2.05) is 6.07 Å². The third-order valence-electron chi connectivity index (χ3n) is 2.27. The second kappa shape index (κ2) is 8.42. The molecule has 1 aromatic carbocycles. The average Bonchev–Trinajstić information content (AvgIpc) is 2.32. The highest BCUT2D eigenvalue weighted by Crippen LogP contribution is 2.15. The van der Waals surface area contributed by atoms with E-state index < -0.39 is 0 Å². The van der Waals surface area contributed by atoms with Crippen LogP contribution in [0.5, 0.6) is 0 Å². The van der Waals surface area contributed by atoms with E-state index in [0.29, 0.717) is 13.2 Å². The summed E-state index contributed by atoms with van der Waals surface area (Å²) < 4.78 is 18.0. The molecule has 0 spiro atoms. The van der Waals surface area contributed by atoms with Gasteiger partial charge in [-0.05, 0) is 17.7 Å². The maximum Gasteiger partial charge on any atom is 0.142 e. The van der Waals surface area contributed by atoms with Crippen LogP contribution in [0.4, 0.5) is 4.39 Å². The van der Waals surface area contributed by atoms with Gasteiger partial charge in [-0.1, -0.05) is 17.7 Å². The summed E-state index contributed by atoms with van der Waals surface area (Å²) in [5.41, 5.74) is 0.892. The molecule has 1 aromatic rings. The largest absolute Gasteiger partial charge is 0.383 e. The molecule has 0 atom stereocenters. The van der Waals surface area contributed by atoms with Gasteiger partial charge >= 0.3 is 0 Å². The number of benzene rings is 1. The molecule has 0 aliphatic carbocycles. The average molecular weight is 261 g/mol. The van der Waals surface area contributed by atoms with Gasteiger partial charge in [0, 0.05) is 33.3 Å². The summed E-state index contributed by atoms with van der Waals surface area (Å²) in [6, 6.07) is 4.84. The molecule has 0 aliphatic rings. The first-order chi connectivity index (χ1) is 8.24. The molecule has 0 fully saturated rings. The van der Waals surface area contributed by atoms with Crippen LogP contribution >= 0.6 is 11.6 Å². The minimum Gasteiger partial charge on any atom is -0.383 e. The fourth-order valence-corrected chi connectivity index (χ4v) is 1.48. The van der Waals surface area contributed by atoms with Crippen molar-refractivity contribution in [2.75, 3.05) is 33.4 Å². The number of ether oxygens (including phenoxy) is 1. The molecular formula is C12H18ClFN2O. The van der Waals surface area contributed by atoms with Crippen LogP contribution in [0.25, 0.3) is 0 Å². The Kier molecular flexibility index (Phi) is 7.12. The summed E-state index contributed by atoms with van der Waals surface area (Å²) in [5.74, 6) is -0.371. The van der Waals surface area contributed by atoms with Gasteiger partial charge in [-0.3, -0.25) is 0 Å². The van der Waals surface area contributed by atoms with Crippen molar-refractivity contribution in [2.45, 2.75) is 6.54 Å². The van der Waals surface area contributed by atoms with Crippen LogP contribution in [0, 0.1) is 5.82 Å². The molecule has 0 aliphatic heterocycles. The molecule has 0 aromatic heterocycles. The van der Waals surface area contributed by atoms with Crippen molar-refractivity contribution in [2.24, 2.45) is 0 Å². The second-order valence-electron chi connectivity index (χ2n) is 3.67. The van der Waals surface area contributed by atoms with Crippen molar-refractivity contribution in [3.63, 3.8) is 0 Å². The zero-order chi connectivity index (χ0) is 12.5. The van der Waals surface area contributed by atoms with Gasteiger partial charge in [0.15, 0.2) is 0 Å². The fourth-order valence-electron chi connectivity index (χ4n) is 1.36. The van der Waals surface area contributed by atoms with Crippen molar-refractivity contribution in [1.29, 1.82) is 0 Å². The third kappa shape index (κ3) is 5.98. The molecule has 0 saturated carbocycles. The van der Waals surface area contributed by atoms with Crippen LogP contribution in [0.1, 0.15) is 5.56 Å². The number of hydrogen-bond donors (Lipinski definition) is 2. The number of methoxy groups -OCH3 is 1. The Morgan fingerprint density at radius 3 is 2.71 bits per heavy atom. The quantitative estimate of drug-likeness (QED) is 0.700. The predicted octanol–water partition coefficient (Wildman–Crippen LogP) is 1.80. The monoisotopic (exact) mass is 260 g/mol. The number of nitrogens with one attached hydrogen (secondary N) is 2. The van der Waals surface area contributed by atoms with Crippen LogP contribution in [-0.4, -0.2) is 33.4 Å². The molecule has 0 saturated heterocycles. The highest BCUT2D eigenvalue weighted by Gasteiger charge is 2.00. The van der Waals surface area contributed by atoms with Gasteiger partial charge in [-0.25, -0.2) is 4.39 Å².